The van der Waals surface area contributed by atoms with Crippen LogP contribution in [0.15, 0.2) is 48.5 Å². The number of anilines is 1. The van der Waals surface area contributed by atoms with E-state index in [1.54, 1.807) is 12.0 Å². The number of carbonyl (C=O) groups is 1. The van der Waals surface area contributed by atoms with E-state index >= 15 is 0 Å². The number of hydrogen-bond donors (Lipinski definition) is 3. The molecule has 0 unspecified atom stereocenters. The van der Waals surface area contributed by atoms with Crippen molar-refractivity contribution in [3.8, 4) is 5.75 Å². The third-order valence-corrected chi connectivity index (χ3v) is 5.51. The van der Waals surface area contributed by atoms with Gasteiger partial charge in [0.2, 0.25) is 0 Å². The molecule has 0 aromatic heterocycles. The number of aryl methyl sites for hydroxylation is 1. The molecule has 1 fully saturated rings. The highest BCUT2D eigenvalue weighted by molar-refractivity contribution is 5.95. The highest BCUT2D eigenvalue weighted by Gasteiger charge is 2.31. The second kappa shape index (κ2) is 9.02. The minimum Gasteiger partial charge on any atom is -0.495 e. The van der Waals surface area contributed by atoms with Gasteiger partial charge < -0.3 is 19.9 Å². The monoisotopic (exact) mass is 369 g/mol. The van der Waals surface area contributed by atoms with E-state index in [4.69, 9.17) is 4.74 Å². The van der Waals surface area contributed by atoms with Gasteiger partial charge in [0, 0.05) is 5.56 Å². The van der Waals surface area contributed by atoms with Crippen LogP contribution in [0.2, 0.25) is 0 Å². The summed E-state index contributed by atoms with van der Waals surface area (Å²) in [7, 11) is 1.63. The van der Waals surface area contributed by atoms with E-state index in [0.29, 0.717) is 5.75 Å². The highest BCUT2D eigenvalue weighted by atomic mass is 16.5. The van der Waals surface area contributed by atoms with E-state index in [1.807, 2.05) is 32.0 Å². The van der Waals surface area contributed by atoms with Gasteiger partial charge in [-0.1, -0.05) is 36.4 Å². The number of amides is 1. The summed E-state index contributed by atoms with van der Waals surface area (Å²) in [6.45, 7) is 9.32. The maximum absolute atomic E-state index is 12.8. The highest BCUT2D eigenvalue weighted by Crippen LogP contribution is 2.25. The van der Waals surface area contributed by atoms with Gasteiger partial charge in [0.25, 0.3) is 5.91 Å². The maximum Gasteiger partial charge on any atom is 0.282 e. The van der Waals surface area contributed by atoms with Crippen LogP contribution < -0.4 is 19.9 Å². The van der Waals surface area contributed by atoms with E-state index < -0.39 is 0 Å². The number of hydrogen-bond acceptors (Lipinski definition) is 2. The lowest BCUT2D eigenvalue weighted by Gasteiger charge is -2.32. The molecule has 0 radical (unpaired) electrons. The van der Waals surface area contributed by atoms with Crippen LogP contribution in [0, 0.1) is 6.92 Å². The smallest absolute Gasteiger partial charge is 0.282 e. The predicted octanol–water partition coefficient (Wildman–Crippen LogP) is 0.314. The Morgan fingerprint density at radius 3 is 2.48 bits per heavy atom. The zero-order valence-corrected chi connectivity index (χ0v) is 16.5. The molecule has 1 heterocycles. The van der Waals surface area contributed by atoms with Crippen LogP contribution in [0.4, 0.5) is 5.69 Å². The third kappa shape index (κ3) is 5.08. The first kappa shape index (κ1) is 19.4. The van der Waals surface area contributed by atoms with Crippen LogP contribution in [-0.2, 0) is 11.3 Å². The SMILES string of the molecule is COc1ccc(C)cc1NC(=O)[C@@H](C)[NH+]1CC[NH+](Cc2ccccc2)CC1. The van der Waals surface area contributed by atoms with Crippen LogP contribution in [0.25, 0.3) is 0 Å². The number of rotatable bonds is 6. The molecule has 2 aromatic rings. The second-order valence-electron chi connectivity index (χ2n) is 7.49. The van der Waals surface area contributed by atoms with E-state index in [-0.39, 0.29) is 11.9 Å². The fourth-order valence-electron chi connectivity index (χ4n) is 3.76. The Morgan fingerprint density at radius 1 is 1.11 bits per heavy atom. The Balaban J connectivity index is 1.53. The summed E-state index contributed by atoms with van der Waals surface area (Å²) >= 11 is 0. The molecule has 0 saturated carbocycles. The van der Waals surface area contributed by atoms with Gasteiger partial charge in [-0.3, -0.25) is 4.79 Å². The number of nitrogens with one attached hydrogen (secondary N) is 3. The molecular weight excluding hydrogens is 338 g/mol. The Labute approximate surface area is 161 Å². The lowest BCUT2D eigenvalue weighted by Crippen LogP contribution is -3.29. The summed E-state index contributed by atoms with van der Waals surface area (Å²) in [5, 5.41) is 3.06. The molecule has 0 bridgehead atoms. The number of quaternary nitrogens is 2. The molecule has 1 aliphatic rings. The van der Waals surface area contributed by atoms with Gasteiger partial charge in [0.15, 0.2) is 6.04 Å². The molecule has 1 aliphatic heterocycles. The van der Waals surface area contributed by atoms with Crippen molar-refractivity contribution in [2.24, 2.45) is 0 Å². The van der Waals surface area contributed by atoms with Crippen molar-refractivity contribution in [3.05, 3.63) is 59.7 Å². The number of methoxy groups -OCH3 is 1. The molecule has 27 heavy (non-hydrogen) atoms. The third-order valence-electron chi connectivity index (χ3n) is 5.51. The van der Waals surface area contributed by atoms with Gasteiger partial charge in [-0.05, 0) is 31.5 Å². The molecule has 0 aliphatic carbocycles. The first-order valence-electron chi connectivity index (χ1n) is 9.74. The first-order valence-corrected chi connectivity index (χ1v) is 9.74. The predicted molar refractivity (Wildman–Crippen MR) is 107 cm³/mol. The molecular formula is C22H31N3O2+2. The van der Waals surface area contributed by atoms with Crippen molar-refractivity contribution in [2.45, 2.75) is 26.4 Å². The molecule has 3 rings (SSSR count). The van der Waals surface area contributed by atoms with Crippen LogP contribution in [0.1, 0.15) is 18.1 Å². The van der Waals surface area contributed by atoms with Crippen molar-refractivity contribution in [1.29, 1.82) is 0 Å². The van der Waals surface area contributed by atoms with Crippen molar-refractivity contribution in [3.63, 3.8) is 0 Å². The van der Waals surface area contributed by atoms with Crippen LogP contribution in [0.3, 0.4) is 0 Å². The molecule has 5 heteroatoms. The fraction of sp³-hybridized carbons (Fsp3) is 0.409. The average molecular weight is 370 g/mol. The number of carbonyl (C=O) groups excluding carboxylic acids is 1. The van der Waals surface area contributed by atoms with E-state index in [1.165, 1.54) is 10.5 Å². The Kier molecular flexibility index (Phi) is 6.48. The quantitative estimate of drug-likeness (QED) is 0.687. The van der Waals surface area contributed by atoms with Crippen molar-refractivity contribution in [1.82, 2.24) is 0 Å². The summed E-state index contributed by atoms with van der Waals surface area (Å²) in [5.74, 6) is 0.758. The zero-order chi connectivity index (χ0) is 19.2. The first-order chi connectivity index (χ1) is 13.1. The number of ether oxygens (including phenoxy) is 1. The molecule has 144 valence electrons. The molecule has 1 atom stereocenters. The number of benzene rings is 2. The van der Waals surface area contributed by atoms with E-state index in [9.17, 15) is 4.79 Å². The van der Waals surface area contributed by atoms with E-state index in [2.05, 4.69) is 35.6 Å². The number of piperazine rings is 1. The molecule has 1 saturated heterocycles. The lowest BCUT2D eigenvalue weighted by molar-refractivity contribution is -1.02. The Morgan fingerprint density at radius 2 is 1.81 bits per heavy atom. The van der Waals surface area contributed by atoms with Gasteiger partial charge in [0.1, 0.15) is 38.5 Å². The Hall–Kier alpha value is -2.37. The largest absolute Gasteiger partial charge is 0.495 e. The van der Waals surface area contributed by atoms with Gasteiger partial charge >= 0.3 is 0 Å². The second-order valence-corrected chi connectivity index (χ2v) is 7.49. The molecule has 0 spiro atoms. The molecule has 2 aromatic carbocycles. The maximum atomic E-state index is 12.8. The average Bonchev–Trinajstić information content (AvgIpc) is 2.69. The normalized spacial score (nSPS) is 20.7. The standard InChI is InChI=1S/C22H29N3O2/c1-17-9-10-21(27-3)20(15-17)23-22(26)18(2)25-13-11-24(12-14-25)16-19-7-5-4-6-8-19/h4-10,15,18H,11-14,16H2,1-3H3,(H,23,26)/p+2/t18-/m1/s1. The zero-order valence-electron chi connectivity index (χ0n) is 16.5. The molecule has 3 N–H and O–H groups in total. The summed E-state index contributed by atoms with van der Waals surface area (Å²) in [4.78, 5) is 15.7. The summed E-state index contributed by atoms with van der Waals surface area (Å²) in [6, 6.07) is 16.4. The minimum atomic E-state index is -0.0755. The van der Waals surface area contributed by atoms with Crippen molar-refractivity contribution in [2.75, 3.05) is 38.6 Å². The van der Waals surface area contributed by atoms with Crippen molar-refractivity contribution >= 4 is 11.6 Å². The van der Waals surface area contributed by atoms with Gasteiger partial charge in [0.05, 0.1) is 12.8 Å². The fourth-order valence-corrected chi connectivity index (χ4v) is 3.76. The van der Waals surface area contributed by atoms with Gasteiger partial charge in [-0.2, -0.15) is 0 Å². The Bertz CT molecular complexity index is 755. The van der Waals surface area contributed by atoms with Crippen LogP contribution in [-0.4, -0.2) is 45.2 Å². The van der Waals surface area contributed by atoms with Crippen molar-refractivity contribution < 1.29 is 19.3 Å². The van der Waals surface area contributed by atoms with Gasteiger partial charge in [-0.15, -0.1) is 0 Å². The topological polar surface area (TPSA) is 47.2 Å². The van der Waals surface area contributed by atoms with Gasteiger partial charge in [-0.25, -0.2) is 0 Å². The summed E-state index contributed by atoms with van der Waals surface area (Å²) in [5.41, 5.74) is 3.24. The minimum absolute atomic E-state index is 0.0559. The van der Waals surface area contributed by atoms with Crippen LogP contribution >= 0.6 is 0 Å². The summed E-state index contributed by atoms with van der Waals surface area (Å²) < 4.78 is 5.37. The van der Waals surface area contributed by atoms with E-state index in [0.717, 1.165) is 44.0 Å². The van der Waals surface area contributed by atoms with Crippen LogP contribution in [0.5, 0.6) is 5.75 Å². The lowest BCUT2D eigenvalue weighted by atomic mass is 10.1. The molecule has 1 amide bonds. The summed E-state index contributed by atoms with van der Waals surface area (Å²) in [6.07, 6.45) is 0. The molecule has 5 nitrogen and oxygen atoms in total.